The van der Waals surface area contributed by atoms with Crippen molar-refractivity contribution in [3.63, 3.8) is 0 Å². The minimum Gasteiger partial charge on any atom is -0.358 e. The number of benzene rings is 1. The molecule has 0 atom stereocenters. The zero-order chi connectivity index (χ0) is 13.9. The van der Waals surface area contributed by atoms with Crippen molar-refractivity contribution in [1.82, 2.24) is 0 Å². The lowest BCUT2D eigenvalue weighted by atomic mass is 10.2. The van der Waals surface area contributed by atoms with Gasteiger partial charge in [0.1, 0.15) is 11.3 Å². The number of cyclic esters (lactones) is 2. The van der Waals surface area contributed by atoms with Crippen LogP contribution in [0.25, 0.3) is 6.08 Å². The van der Waals surface area contributed by atoms with Gasteiger partial charge in [0.2, 0.25) is 0 Å². The third kappa shape index (κ3) is 2.76. The van der Waals surface area contributed by atoms with E-state index < -0.39 is 29.2 Å². The van der Waals surface area contributed by atoms with Gasteiger partial charge in [-0.1, -0.05) is 30.3 Å². The molecule has 2 rings (SSSR count). The molecule has 7 heteroatoms. The van der Waals surface area contributed by atoms with Gasteiger partial charge < -0.3 is 9.47 Å². The van der Waals surface area contributed by atoms with E-state index in [1.165, 1.54) is 6.08 Å². The molecular formula is C12H9NO6. The average molecular weight is 263 g/mol. The topological polar surface area (TPSA) is 95.7 Å². The predicted octanol–water partition coefficient (Wildman–Crippen LogP) is 1.12. The zero-order valence-electron chi connectivity index (χ0n) is 9.65. The molecule has 1 aliphatic heterocycles. The maximum Gasteiger partial charge on any atom is 0.553 e. The van der Waals surface area contributed by atoms with E-state index in [4.69, 9.17) is 0 Å². The summed E-state index contributed by atoms with van der Waals surface area (Å²) in [5.74, 6) is -4.57. The first kappa shape index (κ1) is 12.7. The lowest BCUT2D eigenvalue weighted by Gasteiger charge is -2.24. The molecule has 1 aromatic rings. The van der Waals surface area contributed by atoms with Crippen LogP contribution in [0.2, 0.25) is 0 Å². The van der Waals surface area contributed by atoms with Gasteiger partial charge in [-0.2, -0.15) is 0 Å². The van der Waals surface area contributed by atoms with Crippen molar-refractivity contribution in [3.8, 4) is 0 Å². The van der Waals surface area contributed by atoms with Crippen LogP contribution >= 0.6 is 0 Å². The second-order valence-corrected chi connectivity index (χ2v) is 3.76. The number of nitro groups is 1. The molecule has 0 radical (unpaired) electrons. The summed E-state index contributed by atoms with van der Waals surface area (Å²) in [4.78, 5) is 32.3. The Morgan fingerprint density at radius 2 is 1.74 bits per heavy atom. The summed E-state index contributed by atoms with van der Waals surface area (Å²) in [5.41, 5.74) is 0.640. The summed E-state index contributed by atoms with van der Waals surface area (Å²) in [6, 6.07) is 8.63. The Balaban J connectivity index is 2.30. The zero-order valence-corrected chi connectivity index (χ0v) is 9.65. The summed E-state index contributed by atoms with van der Waals surface area (Å²) in [6.45, 7) is 0. The fraction of sp³-hybridized carbons (Fsp3) is 0.167. The summed E-state index contributed by atoms with van der Waals surface area (Å²) >= 11 is 0. The van der Waals surface area contributed by atoms with Crippen LogP contribution in [0.4, 0.5) is 0 Å². The molecule has 0 amide bonds. The van der Waals surface area contributed by atoms with Gasteiger partial charge in [0.05, 0.1) is 6.08 Å². The third-order valence-electron chi connectivity index (χ3n) is 2.35. The fourth-order valence-corrected chi connectivity index (χ4v) is 1.51. The molecule has 1 aliphatic rings. The minimum atomic E-state index is -2.58. The van der Waals surface area contributed by atoms with Crippen LogP contribution in [0, 0.1) is 10.1 Å². The molecule has 0 bridgehead atoms. The van der Waals surface area contributed by atoms with Crippen molar-refractivity contribution in [3.05, 3.63) is 52.1 Å². The monoisotopic (exact) mass is 263 g/mol. The minimum absolute atomic E-state index is 0.630. The molecule has 19 heavy (non-hydrogen) atoms. The number of hydrogen-bond acceptors (Lipinski definition) is 6. The second-order valence-electron chi connectivity index (χ2n) is 3.76. The third-order valence-corrected chi connectivity index (χ3v) is 2.35. The molecule has 1 fully saturated rings. The molecule has 1 heterocycles. The van der Waals surface area contributed by atoms with E-state index in [1.54, 1.807) is 30.3 Å². The molecule has 98 valence electrons. The van der Waals surface area contributed by atoms with Crippen molar-refractivity contribution in [2.45, 2.75) is 12.3 Å². The molecule has 0 aromatic heterocycles. The molecule has 1 aromatic carbocycles. The smallest absolute Gasteiger partial charge is 0.358 e. The molecule has 7 nitrogen and oxygen atoms in total. The van der Waals surface area contributed by atoms with Crippen LogP contribution in [0.15, 0.2) is 36.4 Å². The number of nitrogens with zero attached hydrogens (tertiary/aromatic N) is 1. The summed E-state index contributed by atoms with van der Waals surface area (Å²) in [6.07, 6.45) is 1.64. The Bertz CT molecular complexity index is 535. The fourth-order valence-electron chi connectivity index (χ4n) is 1.51. The number of esters is 2. The number of carbonyl (C=O) groups excluding carboxylic acids is 2. The lowest BCUT2D eigenvalue weighted by Crippen LogP contribution is -2.49. The van der Waals surface area contributed by atoms with Crippen molar-refractivity contribution >= 4 is 18.0 Å². The average Bonchev–Trinajstić information content (AvgIpc) is 2.36. The van der Waals surface area contributed by atoms with Gasteiger partial charge in [-0.3, -0.25) is 19.7 Å². The first-order valence-corrected chi connectivity index (χ1v) is 5.34. The van der Waals surface area contributed by atoms with Gasteiger partial charge in [-0.05, 0) is 11.6 Å². The van der Waals surface area contributed by atoms with Crippen molar-refractivity contribution in [2.75, 3.05) is 0 Å². The van der Waals surface area contributed by atoms with Gasteiger partial charge in [-0.15, -0.1) is 0 Å². The van der Waals surface area contributed by atoms with Crippen molar-refractivity contribution < 1.29 is 24.0 Å². The molecule has 0 spiro atoms. The highest BCUT2D eigenvalue weighted by Crippen LogP contribution is 2.24. The molecular weight excluding hydrogens is 254 g/mol. The second kappa shape index (κ2) is 4.89. The van der Waals surface area contributed by atoms with Gasteiger partial charge >= 0.3 is 17.8 Å². The Labute approximate surface area is 107 Å². The van der Waals surface area contributed by atoms with Gasteiger partial charge in [-0.25, -0.2) is 0 Å². The SMILES string of the molecule is O=C1CC(=O)OC(C=Cc2ccccc2)([N+](=O)[O-])O1. The number of carbonyl (C=O) groups is 2. The summed E-state index contributed by atoms with van der Waals surface area (Å²) in [5, 5.41) is 11.0. The molecule has 0 N–H and O–H groups in total. The van der Waals surface area contributed by atoms with E-state index in [1.807, 2.05) is 0 Å². The Hall–Kier alpha value is -2.70. The Kier molecular flexibility index (Phi) is 3.28. The molecule has 0 saturated carbocycles. The van der Waals surface area contributed by atoms with Crippen LogP contribution < -0.4 is 0 Å². The van der Waals surface area contributed by atoms with E-state index in [0.717, 1.165) is 6.08 Å². The van der Waals surface area contributed by atoms with E-state index in [0.29, 0.717) is 5.56 Å². The van der Waals surface area contributed by atoms with Gasteiger partial charge in [0.25, 0.3) is 0 Å². The summed E-state index contributed by atoms with van der Waals surface area (Å²) in [7, 11) is 0. The normalized spacial score (nSPS) is 17.9. The number of hydrogen-bond donors (Lipinski definition) is 0. The highest BCUT2D eigenvalue weighted by molar-refractivity contribution is 5.93. The van der Waals surface area contributed by atoms with E-state index in [2.05, 4.69) is 9.47 Å². The first-order valence-electron chi connectivity index (χ1n) is 5.34. The quantitative estimate of drug-likeness (QED) is 0.351. The van der Waals surface area contributed by atoms with Crippen molar-refractivity contribution in [2.24, 2.45) is 0 Å². The van der Waals surface area contributed by atoms with E-state index in [9.17, 15) is 19.7 Å². The van der Waals surface area contributed by atoms with Crippen LogP contribution in [0.1, 0.15) is 12.0 Å². The first-order chi connectivity index (χ1) is 9.02. The van der Waals surface area contributed by atoms with Crippen LogP contribution in [-0.2, 0) is 19.1 Å². The maximum absolute atomic E-state index is 11.1. The molecule has 1 saturated heterocycles. The van der Waals surface area contributed by atoms with Crippen LogP contribution in [0.3, 0.4) is 0 Å². The van der Waals surface area contributed by atoms with Crippen LogP contribution in [-0.4, -0.2) is 22.8 Å². The summed E-state index contributed by atoms with van der Waals surface area (Å²) < 4.78 is 9.12. The van der Waals surface area contributed by atoms with Gasteiger partial charge in [0, 0.05) is 0 Å². The maximum atomic E-state index is 11.1. The Morgan fingerprint density at radius 1 is 1.16 bits per heavy atom. The predicted molar refractivity (Wildman–Crippen MR) is 62.0 cm³/mol. The van der Waals surface area contributed by atoms with Gasteiger partial charge in [0.15, 0.2) is 0 Å². The standard InChI is InChI=1S/C12H9NO6/c14-10-8-11(15)19-12(18-10,13(16)17)7-6-9-4-2-1-3-5-9/h1-7H,8H2. The highest BCUT2D eigenvalue weighted by Gasteiger charge is 2.53. The molecule has 0 unspecified atom stereocenters. The molecule has 0 aliphatic carbocycles. The van der Waals surface area contributed by atoms with E-state index >= 15 is 0 Å². The van der Waals surface area contributed by atoms with Crippen molar-refractivity contribution in [1.29, 1.82) is 0 Å². The largest absolute Gasteiger partial charge is 0.553 e. The Morgan fingerprint density at radius 3 is 2.26 bits per heavy atom. The lowest BCUT2D eigenvalue weighted by molar-refractivity contribution is -0.659. The number of rotatable bonds is 3. The van der Waals surface area contributed by atoms with Crippen LogP contribution in [0.5, 0.6) is 0 Å². The highest BCUT2D eigenvalue weighted by atomic mass is 16.8. The number of ether oxygens (including phenoxy) is 2. The van der Waals surface area contributed by atoms with E-state index in [-0.39, 0.29) is 0 Å².